The van der Waals surface area contributed by atoms with E-state index in [0.717, 1.165) is 10.9 Å². The predicted octanol–water partition coefficient (Wildman–Crippen LogP) is 4.79. The van der Waals surface area contributed by atoms with Crippen LogP contribution in [0.2, 0.25) is 0 Å². The Labute approximate surface area is 176 Å². The Balaban J connectivity index is 2.88. The largest absolute Gasteiger partial charge is 0.493 e. The van der Waals surface area contributed by atoms with E-state index in [1.54, 1.807) is 27.2 Å². The summed E-state index contributed by atoms with van der Waals surface area (Å²) in [5.41, 5.74) is 0. The molecule has 0 aliphatic heterocycles. The van der Waals surface area contributed by atoms with Crippen molar-refractivity contribution in [3.05, 3.63) is 28.8 Å². The molecule has 0 spiro atoms. The molecular weight excluding hydrogens is 428 g/mol. The number of halogens is 1. The molecule has 6 nitrogen and oxygen atoms in total. The molecule has 0 amide bonds. The van der Waals surface area contributed by atoms with Crippen molar-refractivity contribution in [2.75, 3.05) is 34.0 Å². The Bertz CT molecular complexity index is 630. The molecule has 7 heteroatoms. The van der Waals surface area contributed by atoms with Crippen molar-refractivity contribution in [2.24, 2.45) is 5.92 Å². The third-order valence-corrected chi connectivity index (χ3v) is 4.52. The first kappa shape index (κ1) is 24.3. The van der Waals surface area contributed by atoms with Crippen molar-refractivity contribution in [3.8, 4) is 17.2 Å². The van der Waals surface area contributed by atoms with Gasteiger partial charge in [0.05, 0.1) is 24.8 Å². The molecule has 1 atom stereocenters. The highest BCUT2D eigenvalue weighted by Gasteiger charge is 2.18. The fourth-order valence-corrected chi connectivity index (χ4v) is 2.79. The fourth-order valence-electron chi connectivity index (χ4n) is 2.37. The van der Waals surface area contributed by atoms with Gasteiger partial charge in [0, 0.05) is 44.8 Å². The van der Waals surface area contributed by atoms with Crippen LogP contribution in [0, 0.1) is 5.92 Å². The molecule has 1 aromatic rings. The van der Waals surface area contributed by atoms with Crippen LogP contribution in [0.25, 0.3) is 0 Å². The highest BCUT2D eigenvalue weighted by molar-refractivity contribution is 9.10. The van der Waals surface area contributed by atoms with E-state index in [1.807, 2.05) is 12.1 Å². The van der Waals surface area contributed by atoms with Gasteiger partial charge >= 0.3 is 5.97 Å². The maximum Gasteiger partial charge on any atom is 0.330 e. The summed E-state index contributed by atoms with van der Waals surface area (Å²) in [6, 6.07) is 3.65. The Kier molecular flexibility index (Phi) is 11.7. The Morgan fingerprint density at radius 3 is 2.50 bits per heavy atom. The maximum absolute atomic E-state index is 11.5. The van der Waals surface area contributed by atoms with Crippen LogP contribution < -0.4 is 14.2 Å². The molecule has 0 heterocycles. The third kappa shape index (κ3) is 8.52. The Morgan fingerprint density at radius 2 is 1.89 bits per heavy atom. The lowest BCUT2D eigenvalue weighted by atomic mass is 10.0. The highest BCUT2D eigenvalue weighted by atomic mass is 79.9. The van der Waals surface area contributed by atoms with Crippen LogP contribution in [-0.2, 0) is 14.3 Å². The SMILES string of the molecule is CCOC(=O)C=CCC(Oc1cc(OCCCOC)c(OC)cc1Br)C(C)C. The van der Waals surface area contributed by atoms with Crippen LogP contribution in [0.5, 0.6) is 17.2 Å². The smallest absolute Gasteiger partial charge is 0.330 e. The van der Waals surface area contributed by atoms with E-state index in [9.17, 15) is 4.79 Å². The molecule has 0 radical (unpaired) electrons. The van der Waals surface area contributed by atoms with Crippen molar-refractivity contribution in [3.63, 3.8) is 0 Å². The van der Waals surface area contributed by atoms with Crippen molar-refractivity contribution in [1.82, 2.24) is 0 Å². The molecule has 0 N–H and O–H groups in total. The predicted molar refractivity (Wildman–Crippen MR) is 112 cm³/mol. The van der Waals surface area contributed by atoms with E-state index < -0.39 is 0 Å². The molecule has 158 valence electrons. The summed E-state index contributed by atoms with van der Waals surface area (Å²) < 4.78 is 28.2. The number of rotatable bonds is 13. The lowest BCUT2D eigenvalue weighted by molar-refractivity contribution is -0.137. The molecule has 1 unspecified atom stereocenters. The summed E-state index contributed by atoms with van der Waals surface area (Å²) in [6.07, 6.45) is 4.47. The average molecular weight is 459 g/mol. The zero-order valence-electron chi connectivity index (χ0n) is 17.3. The van der Waals surface area contributed by atoms with E-state index >= 15 is 0 Å². The quantitative estimate of drug-likeness (QED) is 0.240. The van der Waals surface area contributed by atoms with Crippen LogP contribution in [0.1, 0.15) is 33.6 Å². The molecule has 0 bridgehead atoms. The maximum atomic E-state index is 11.5. The van der Waals surface area contributed by atoms with Gasteiger partial charge in [-0.15, -0.1) is 0 Å². The van der Waals surface area contributed by atoms with Gasteiger partial charge in [0.2, 0.25) is 0 Å². The topological polar surface area (TPSA) is 63.2 Å². The van der Waals surface area contributed by atoms with Gasteiger partial charge < -0.3 is 23.7 Å². The van der Waals surface area contributed by atoms with Crippen molar-refractivity contribution >= 4 is 21.9 Å². The summed E-state index contributed by atoms with van der Waals surface area (Å²) in [4.78, 5) is 11.5. The minimum atomic E-state index is -0.345. The van der Waals surface area contributed by atoms with Gasteiger partial charge in [0.15, 0.2) is 11.5 Å². The highest BCUT2D eigenvalue weighted by Crippen LogP contribution is 2.39. The van der Waals surface area contributed by atoms with Crippen molar-refractivity contribution in [1.29, 1.82) is 0 Å². The molecule has 0 aliphatic carbocycles. The van der Waals surface area contributed by atoms with Crippen LogP contribution in [0.4, 0.5) is 0 Å². The molecule has 0 aliphatic rings. The molecule has 1 aromatic carbocycles. The molecule has 0 saturated carbocycles. The van der Waals surface area contributed by atoms with Gasteiger partial charge in [-0.3, -0.25) is 0 Å². The molecule has 0 aromatic heterocycles. The van der Waals surface area contributed by atoms with Crippen molar-refractivity contribution in [2.45, 2.75) is 39.7 Å². The Hall–Kier alpha value is -1.73. The number of esters is 1. The van der Waals surface area contributed by atoms with Crippen LogP contribution in [-0.4, -0.2) is 46.1 Å². The van der Waals surface area contributed by atoms with Gasteiger partial charge in [-0.05, 0) is 28.8 Å². The summed E-state index contributed by atoms with van der Waals surface area (Å²) in [6.45, 7) is 7.43. The lowest BCUT2D eigenvalue weighted by Gasteiger charge is -2.23. The summed E-state index contributed by atoms with van der Waals surface area (Å²) >= 11 is 3.53. The van der Waals surface area contributed by atoms with Crippen LogP contribution in [0.15, 0.2) is 28.8 Å². The molecule has 0 fully saturated rings. The van der Waals surface area contributed by atoms with E-state index in [4.69, 9.17) is 23.7 Å². The van der Waals surface area contributed by atoms with Gasteiger partial charge in [-0.1, -0.05) is 19.9 Å². The van der Waals surface area contributed by atoms with Crippen LogP contribution >= 0.6 is 15.9 Å². The number of ether oxygens (including phenoxy) is 5. The number of benzene rings is 1. The zero-order chi connectivity index (χ0) is 20.9. The van der Waals surface area contributed by atoms with E-state index in [2.05, 4.69) is 29.8 Å². The molecular formula is C21H31BrO6. The number of carbonyl (C=O) groups excluding carboxylic acids is 1. The lowest BCUT2D eigenvalue weighted by Crippen LogP contribution is -2.22. The first-order chi connectivity index (χ1) is 13.4. The van der Waals surface area contributed by atoms with Gasteiger partial charge in [0.1, 0.15) is 11.9 Å². The van der Waals surface area contributed by atoms with Gasteiger partial charge in [0.25, 0.3) is 0 Å². The molecule has 0 saturated heterocycles. The first-order valence-electron chi connectivity index (χ1n) is 9.42. The Morgan fingerprint density at radius 1 is 1.14 bits per heavy atom. The number of carbonyl (C=O) groups is 1. The van der Waals surface area contributed by atoms with Crippen LogP contribution in [0.3, 0.4) is 0 Å². The minimum absolute atomic E-state index is 0.114. The van der Waals surface area contributed by atoms with Crippen molar-refractivity contribution < 1.29 is 28.5 Å². The molecule has 1 rings (SSSR count). The van der Waals surface area contributed by atoms with E-state index in [-0.39, 0.29) is 18.0 Å². The van der Waals surface area contributed by atoms with E-state index in [1.165, 1.54) is 6.08 Å². The average Bonchev–Trinajstić information content (AvgIpc) is 2.66. The summed E-state index contributed by atoms with van der Waals surface area (Å²) in [5.74, 6) is 1.79. The zero-order valence-corrected chi connectivity index (χ0v) is 18.9. The third-order valence-electron chi connectivity index (χ3n) is 3.90. The standard InChI is InChI=1S/C21H31BrO6/c1-6-26-21(23)10-7-9-17(15(2)3)28-18-14-20(27-12-8-11-24-4)19(25-5)13-16(18)22/h7,10,13-15,17H,6,8-9,11-12H2,1-5H3. The summed E-state index contributed by atoms with van der Waals surface area (Å²) in [7, 11) is 3.26. The fraction of sp³-hybridized carbons (Fsp3) is 0.571. The first-order valence-corrected chi connectivity index (χ1v) is 10.2. The monoisotopic (exact) mass is 458 g/mol. The second-order valence-electron chi connectivity index (χ2n) is 6.42. The number of hydrogen-bond acceptors (Lipinski definition) is 6. The normalized spacial score (nSPS) is 12.2. The summed E-state index contributed by atoms with van der Waals surface area (Å²) in [5, 5.41) is 0. The van der Waals surface area contributed by atoms with E-state index in [0.29, 0.717) is 43.5 Å². The number of methoxy groups -OCH3 is 2. The number of hydrogen-bond donors (Lipinski definition) is 0. The second kappa shape index (κ2) is 13.4. The minimum Gasteiger partial charge on any atom is -0.493 e. The van der Waals surface area contributed by atoms with Gasteiger partial charge in [-0.25, -0.2) is 4.79 Å². The molecule has 28 heavy (non-hydrogen) atoms. The van der Waals surface area contributed by atoms with Gasteiger partial charge in [-0.2, -0.15) is 0 Å². The second-order valence-corrected chi connectivity index (χ2v) is 7.27.